The monoisotopic (exact) mass is 242 g/mol. The quantitative estimate of drug-likeness (QED) is 0.850. The van der Waals surface area contributed by atoms with Crippen LogP contribution in [0.5, 0.6) is 0 Å². The summed E-state index contributed by atoms with van der Waals surface area (Å²) in [7, 11) is 0. The highest BCUT2D eigenvalue weighted by Crippen LogP contribution is 2.22. The Morgan fingerprint density at radius 2 is 2.25 bits per heavy atom. The van der Waals surface area contributed by atoms with E-state index in [0.717, 1.165) is 12.8 Å². The van der Waals surface area contributed by atoms with E-state index < -0.39 is 5.82 Å². The van der Waals surface area contributed by atoms with Crippen LogP contribution in [0.2, 0.25) is 5.02 Å². The highest BCUT2D eigenvalue weighted by molar-refractivity contribution is 6.33. The largest absolute Gasteiger partial charge is 0.324 e. The normalized spacial score (nSPS) is 14.9. The molecule has 16 heavy (non-hydrogen) atoms. The fourth-order valence-electron chi connectivity index (χ4n) is 1.31. The van der Waals surface area contributed by atoms with E-state index in [1.165, 1.54) is 18.2 Å². The van der Waals surface area contributed by atoms with E-state index in [2.05, 4.69) is 10.6 Å². The molecule has 1 aliphatic carbocycles. The Hall–Kier alpha value is -1.13. The highest BCUT2D eigenvalue weighted by atomic mass is 35.5. The SMILES string of the molecule is O=C(CNC1CC1)Nc1cc(F)ccc1Cl. The third-order valence-electron chi connectivity index (χ3n) is 2.33. The van der Waals surface area contributed by atoms with Crippen LogP contribution >= 0.6 is 11.6 Å². The first-order valence-electron chi connectivity index (χ1n) is 5.13. The number of nitrogens with one attached hydrogen (secondary N) is 2. The zero-order valence-corrected chi connectivity index (χ0v) is 9.35. The van der Waals surface area contributed by atoms with Crippen molar-refractivity contribution in [2.45, 2.75) is 18.9 Å². The van der Waals surface area contributed by atoms with Gasteiger partial charge in [-0.1, -0.05) is 11.6 Å². The van der Waals surface area contributed by atoms with Crippen molar-refractivity contribution < 1.29 is 9.18 Å². The molecule has 1 aliphatic rings. The molecule has 1 saturated carbocycles. The molecule has 0 radical (unpaired) electrons. The summed E-state index contributed by atoms with van der Waals surface area (Å²) in [5, 5.41) is 5.96. The standard InChI is InChI=1S/C11H12ClFN2O/c12-9-4-1-7(13)5-10(9)15-11(16)6-14-8-2-3-8/h1,4-5,8,14H,2-3,6H2,(H,15,16). The van der Waals surface area contributed by atoms with Crippen molar-refractivity contribution in [1.82, 2.24) is 5.32 Å². The predicted octanol–water partition coefficient (Wildman–Crippen LogP) is 2.17. The molecule has 86 valence electrons. The molecule has 1 aromatic rings. The molecule has 0 atom stereocenters. The van der Waals surface area contributed by atoms with Crippen LogP contribution in [0.4, 0.5) is 10.1 Å². The van der Waals surface area contributed by atoms with Gasteiger partial charge >= 0.3 is 0 Å². The van der Waals surface area contributed by atoms with Gasteiger partial charge in [-0.25, -0.2) is 4.39 Å². The minimum absolute atomic E-state index is 0.209. The first kappa shape index (κ1) is 11.4. The van der Waals surface area contributed by atoms with E-state index >= 15 is 0 Å². The molecule has 0 bridgehead atoms. The van der Waals surface area contributed by atoms with Gasteiger partial charge in [-0.15, -0.1) is 0 Å². The summed E-state index contributed by atoms with van der Waals surface area (Å²) in [4.78, 5) is 11.5. The van der Waals surface area contributed by atoms with Crippen LogP contribution in [0.15, 0.2) is 18.2 Å². The summed E-state index contributed by atoms with van der Waals surface area (Å²) in [5.41, 5.74) is 0.310. The Kier molecular flexibility index (Phi) is 3.41. The summed E-state index contributed by atoms with van der Waals surface area (Å²) in [6.45, 7) is 0.234. The maximum absolute atomic E-state index is 12.9. The van der Waals surface area contributed by atoms with Gasteiger partial charge in [0.25, 0.3) is 0 Å². The van der Waals surface area contributed by atoms with Crippen molar-refractivity contribution in [3.05, 3.63) is 29.0 Å². The number of hydrogen-bond donors (Lipinski definition) is 2. The van der Waals surface area contributed by atoms with Gasteiger partial charge in [-0.2, -0.15) is 0 Å². The number of halogens is 2. The topological polar surface area (TPSA) is 41.1 Å². The number of anilines is 1. The van der Waals surface area contributed by atoms with E-state index in [9.17, 15) is 9.18 Å². The molecule has 1 aromatic carbocycles. The summed E-state index contributed by atoms with van der Waals surface area (Å²) in [6.07, 6.45) is 2.24. The predicted molar refractivity (Wildman–Crippen MR) is 61.1 cm³/mol. The lowest BCUT2D eigenvalue weighted by molar-refractivity contribution is -0.115. The fraction of sp³-hybridized carbons (Fsp3) is 0.364. The van der Waals surface area contributed by atoms with Crippen LogP contribution in [0.3, 0.4) is 0 Å². The highest BCUT2D eigenvalue weighted by Gasteiger charge is 2.21. The number of benzene rings is 1. The maximum Gasteiger partial charge on any atom is 0.238 e. The summed E-state index contributed by atoms with van der Waals surface area (Å²) < 4.78 is 12.9. The lowest BCUT2D eigenvalue weighted by Crippen LogP contribution is -2.29. The van der Waals surface area contributed by atoms with E-state index in [0.29, 0.717) is 16.8 Å². The van der Waals surface area contributed by atoms with Crippen molar-refractivity contribution in [2.75, 3.05) is 11.9 Å². The second kappa shape index (κ2) is 4.80. The summed E-state index contributed by atoms with van der Waals surface area (Å²) >= 11 is 5.81. The Morgan fingerprint density at radius 1 is 1.50 bits per heavy atom. The molecular weight excluding hydrogens is 231 g/mol. The Bertz CT molecular complexity index is 407. The van der Waals surface area contributed by atoms with Crippen molar-refractivity contribution in [1.29, 1.82) is 0 Å². The number of amides is 1. The van der Waals surface area contributed by atoms with Gasteiger partial charge in [-0.3, -0.25) is 4.79 Å². The zero-order valence-electron chi connectivity index (χ0n) is 8.59. The molecule has 1 amide bonds. The fourth-order valence-corrected chi connectivity index (χ4v) is 1.48. The molecule has 0 unspecified atom stereocenters. The van der Waals surface area contributed by atoms with Crippen molar-refractivity contribution in [3.8, 4) is 0 Å². The molecule has 0 heterocycles. The van der Waals surface area contributed by atoms with Gasteiger partial charge in [0, 0.05) is 6.04 Å². The molecule has 3 nitrogen and oxygen atoms in total. The second-order valence-corrected chi connectivity index (χ2v) is 4.23. The molecule has 0 aromatic heterocycles. The molecule has 2 N–H and O–H groups in total. The van der Waals surface area contributed by atoms with Crippen LogP contribution in [0, 0.1) is 5.82 Å². The van der Waals surface area contributed by atoms with Crippen LogP contribution in [-0.4, -0.2) is 18.5 Å². The first-order chi connectivity index (χ1) is 7.65. The second-order valence-electron chi connectivity index (χ2n) is 3.83. The molecule has 1 fully saturated rings. The number of carbonyl (C=O) groups is 1. The summed E-state index contributed by atoms with van der Waals surface area (Å²) in [6, 6.07) is 4.34. The van der Waals surface area contributed by atoms with E-state index in [4.69, 9.17) is 11.6 Å². The van der Waals surface area contributed by atoms with Gasteiger partial charge in [0.1, 0.15) is 5.82 Å². The van der Waals surface area contributed by atoms with Gasteiger partial charge < -0.3 is 10.6 Å². The zero-order chi connectivity index (χ0) is 11.5. The number of hydrogen-bond acceptors (Lipinski definition) is 2. The molecular formula is C11H12ClFN2O. The molecule has 0 saturated heterocycles. The maximum atomic E-state index is 12.9. The van der Waals surface area contributed by atoms with E-state index in [-0.39, 0.29) is 12.5 Å². The van der Waals surface area contributed by atoms with Crippen LogP contribution in [0.1, 0.15) is 12.8 Å². The average Bonchev–Trinajstić information content (AvgIpc) is 3.04. The molecule has 5 heteroatoms. The van der Waals surface area contributed by atoms with Gasteiger partial charge in [0.05, 0.1) is 17.3 Å². The van der Waals surface area contributed by atoms with Crippen LogP contribution in [-0.2, 0) is 4.79 Å². The molecule has 2 rings (SSSR count). The Balaban J connectivity index is 1.91. The minimum atomic E-state index is -0.421. The lowest BCUT2D eigenvalue weighted by atomic mass is 10.3. The number of carbonyl (C=O) groups excluding carboxylic acids is 1. The van der Waals surface area contributed by atoms with Gasteiger partial charge in [-0.05, 0) is 31.0 Å². The van der Waals surface area contributed by atoms with Gasteiger partial charge in [0.2, 0.25) is 5.91 Å². The average molecular weight is 243 g/mol. The summed E-state index contributed by atoms with van der Waals surface area (Å²) in [5.74, 6) is -0.630. The smallest absolute Gasteiger partial charge is 0.238 e. The van der Waals surface area contributed by atoms with E-state index in [1.54, 1.807) is 0 Å². The lowest BCUT2D eigenvalue weighted by Gasteiger charge is -2.07. The Morgan fingerprint density at radius 3 is 2.94 bits per heavy atom. The third-order valence-corrected chi connectivity index (χ3v) is 2.66. The van der Waals surface area contributed by atoms with Crippen molar-refractivity contribution in [2.24, 2.45) is 0 Å². The molecule has 0 aliphatic heterocycles. The van der Waals surface area contributed by atoms with Crippen LogP contribution < -0.4 is 10.6 Å². The van der Waals surface area contributed by atoms with E-state index in [1.807, 2.05) is 0 Å². The Labute approximate surface area is 98.0 Å². The van der Waals surface area contributed by atoms with Gasteiger partial charge in [0.15, 0.2) is 0 Å². The van der Waals surface area contributed by atoms with Crippen molar-refractivity contribution in [3.63, 3.8) is 0 Å². The molecule has 0 spiro atoms. The third kappa shape index (κ3) is 3.18. The number of rotatable bonds is 4. The first-order valence-corrected chi connectivity index (χ1v) is 5.51. The minimum Gasteiger partial charge on any atom is -0.324 e. The van der Waals surface area contributed by atoms with Crippen molar-refractivity contribution >= 4 is 23.2 Å². The van der Waals surface area contributed by atoms with Crippen LogP contribution in [0.25, 0.3) is 0 Å².